The van der Waals surface area contributed by atoms with Crippen molar-refractivity contribution in [3.05, 3.63) is 70.7 Å². The van der Waals surface area contributed by atoms with Gasteiger partial charge in [0.2, 0.25) is 5.91 Å². The predicted octanol–water partition coefficient (Wildman–Crippen LogP) is 2.58. The Balaban J connectivity index is 1.72. The smallest absolute Gasteiger partial charge is 0.242 e. The SMILES string of the molecule is O=C(Cc1ccccc1Cl)NNC(=S)NCc1ccccc1. The van der Waals surface area contributed by atoms with Crippen molar-refractivity contribution in [1.82, 2.24) is 16.2 Å². The van der Waals surface area contributed by atoms with Gasteiger partial charge in [-0.2, -0.15) is 0 Å². The number of hydrazine groups is 1. The molecule has 3 N–H and O–H groups in total. The van der Waals surface area contributed by atoms with E-state index in [4.69, 9.17) is 23.8 Å². The van der Waals surface area contributed by atoms with Crippen LogP contribution in [0.2, 0.25) is 5.02 Å². The normalized spacial score (nSPS) is 9.86. The van der Waals surface area contributed by atoms with Crippen molar-refractivity contribution in [2.45, 2.75) is 13.0 Å². The number of benzene rings is 2. The van der Waals surface area contributed by atoms with Gasteiger partial charge in [-0.3, -0.25) is 15.6 Å². The topological polar surface area (TPSA) is 53.2 Å². The third-order valence-electron chi connectivity index (χ3n) is 2.92. The summed E-state index contributed by atoms with van der Waals surface area (Å²) in [5, 5.41) is 3.94. The van der Waals surface area contributed by atoms with E-state index in [1.807, 2.05) is 48.5 Å². The fourth-order valence-corrected chi connectivity index (χ4v) is 2.13. The Morgan fingerprint density at radius 1 is 1.00 bits per heavy atom. The van der Waals surface area contributed by atoms with Crippen LogP contribution in [0.5, 0.6) is 0 Å². The molecule has 2 aromatic rings. The predicted molar refractivity (Wildman–Crippen MR) is 92.3 cm³/mol. The van der Waals surface area contributed by atoms with Crippen LogP contribution in [0.3, 0.4) is 0 Å². The molecule has 0 aromatic heterocycles. The zero-order valence-corrected chi connectivity index (χ0v) is 13.4. The van der Waals surface area contributed by atoms with Crippen molar-refractivity contribution in [2.24, 2.45) is 0 Å². The van der Waals surface area contributed by atoms with Crippen LogP contribution in [0, 0.1) is 0 Å². The summed E-state index contributed by atoms with van der Waals surface area (Å²) in [4.78, 5) is 11.8. The molecule has 0 saturated heterocycles. The Hall–Kier alpha value is -2.11. The molecular weight excluding hydrogens is 318 g/mol. The summed E-state index contributed by atoms with van der Waals surface area (Å²) >= 11 is 11.1. The molecule has 0 radical (unpaired) electrons. The zero-order valence-electron chi connectivity index (χ0n) is 11.8. The number of carbonyl (C=O) groups is 1. The van der Waals surface area contributed by atoms with Crippen LogP contribution in [-0.4, -0.2) is 11.0 Å². The van der Waals surface area contributed by atoms with Gasteiger partial charge in [0.05, 0.1) is 6.42 Å². The second-order valence-electron chi connectivity index (χ2n) is 4.61. The number of rotatable bonds is 4. The first-order valence-electron chi connectivity index (χ1n) is 6.75. The molecule has 0 heterocycles. The fourth-order valence-electron chi connectivity index (χ4n) is 1.81. The van der Waals surface area contributed by atoms with Gasteiger partial charge in [-0.05, 0) is 29.4 Å². The minimum Gasteiger partial charge on any atom is -0.357 e. The number of carbonyl (C=O) groups excluding carboxylic acids is 1. The van der Waals surface area contributed by atoms with Gasteiger partial charge in [-0.25, -0.2) is 0 Å². The lowest BCUT2D eigenvalue weighted by molar-refractivity contribution is -0.121. The van der Waals surface area contributed by atoms with Gasteiger partial charge in [0.1, 0.15) is 0 Å². The lowest BCUT2D eigenvalue weighted by atomic mass is 10.1. The van der Waals surface area contributed by atoms with E-state index in [1.54, 1.807) is 6.07 Å². The summed E-state index contributed by atoms with van der Waals surface area (Å²) in [5.74, 6) is -0.211. The summed E-state index contributed by atoms with van der Waals surface area (Å²) in [7, 11) is 0. The summed E-state index contributed by atoms with van der Waals surface area (Å²) < 4.78 is 0. The van der Waals surface area contributed by atoms with E-state index < -0.39 is 0 Å². The molecule has 0 bridgehead atoms. The van der Waals surface area contributed by atoms with Gasteiger partial charge in [0.15, 0.2) is 5.11 Å². The van der Waals surface area contributed by atoms with Crippen molar-refractivity contribution >= 4 is 34.8 Å². The molecular formula is C16H16ClN3OS. The lowest BCUT2D eigenvalue weighted by Crippen LogP contribution is -2.47. The molecule has 0 spiro atoms. The highest BCUT2D eigenvalue weighted by Crippen LogP contribution is 2.14. The van der Waals surface area contributed by atoms with E-state index in [0.717, 1.165) is 11.1 Å². The van der Waals surface area contributed by atoms with Crippen molar-refractivity contribution in [2.75, 3.05) is 0 Å². The number of halogens is 1. The Morgan fingerprint density at radius 3 is 2.41 bits per heavy atom. The van der Waals surface area contributed by atoms with Crippen molar-refractivity contribution < 1.29 is 4.79 Å². The van der Waals surface area contributed by atoms with Crippen LogP contribution in [0.15, 0.2) is 54.6 Å². The van der Waals surface area contributed by atoms with Crippen LogP contribution in [0.4, 0.5) is 0 Å². The molecule has 0 aliphatic rings. The van der Waals surface area contributed by atoms with Gasteiger partial charge in [0.25, 0.3) is 0 Å². The number of nitrogens with one attached hydrogen (secondary N) is 3. The minimum atomic E-state index is -0.211. The number of amides is 1. The highest BCUT2D eigenvalue weighted by Gasteiger charge is 2.06. The molecule has 0 atom stereocenters. The Kier molecular flexibility index (Phi) is 6.18. The maximum atomic E-state index is 11.8. The van der Waals surface area contributed by atoms with Gasteiger partial charge in [0, 0.05) is 11.6 Å². The van der Waals surface area contributed by atoms with Gasteiger partial charge < -0.3 is 5.32 Å². The first kappa shape index (κ1) is 16.3. The quantitative estimate of drug-likeness (QED) is 0.594. The fraction of sp³-hybridized carbons (Fsp3) is 0.125. The molecule has 2 aromatic carbocycles. The third-order valence-corrected chi connectivity index (χ3v) is 3.54. The number of thiocarbonyl (C=S) groups is 1. The molecule has 0 unspecified atom stereocenters. The van der Waals surface area contributed by atoms with Gasteiger partial charge in [-0.1, -0.05) is 60.1 Å². The maximum Gasteiger partial charge on any atom is 0.242 e. The zero-order chi connectivity index (χ0) is 15.8. The van der Waals surface area contributed by atoms with Crippen molar-refractivity contribution in [3.63, 3.8) is 0 Å². The summed E-state index contributed by atoms with van der Waals surface area (Å²) in [6.07, 6.45) is 0.188. The Labute approximate surface area is 139 Å². The Bertz CT molecular complexity index is 649. The highest BCUT2D eigenvalue weighted by atomic mass is 35.5. The van der Waals surface area contributed by atoms with Crippen LogP contribution < -0.4 is 16.2 Å². The molecule has 1 amide bonds. The monoisotopic (exact) mass is 333 g/mol. The first-order valence-corrected chi connectivity index (χ1v) is 7.54. The van der Waals surface area contributed by atoms with E-state index >= 15 is 0 Å². The standard InChI is InChI=1S/C16H16ClN3OS/c17-14-9-5-4-8-13(14)10-15(21)19-20-16(22)18-11-12-6-2-1-3-7-12/h1-9H,10-11H2,(H,19,21)(H2,18,20,22). The minimum absolute atomic E-state index is 0.188. The van der Waals surface area contributed by atoms with Gasteiger partial charge >= 0.3 is 0 Å². The average Bonchev–Trinajstić information content (AvgIpc) is 2.54. The molecule has 0 saturated carbocycles. The number of hydrogen-bond donors (Lipinski definition) is 3. The summed E-state index contributed by atoms with van der Waals surface area (Å²) in [6, 6.07) is 17.1. The maximum absolute atomic E-state index is 11.8. The van der Waals surface area contributed by atoms with Gasteiger partial charge in [-0.15, -0.1) is 0 Å². The molecule has 0 aliphatic heterocycles. The molecule has 114 valence electrons. The second kappa shape index (κ2) is 8.36. The molecule has 0 fully saturated rings. The molecule has 22 heavy (non-hydrogen) atoms. The van der Waals surface area contributed by atoms with Crippen molar-refractivity contribution in [3.8, 4) is 0 Å². The molecule has 2 rings (SSSR count). The van der Waals surface area contributed by atoms with E-state index in [9.17, 15) is 4.79 Å². The van der Waals surface area contributed by atoms with Crippen LogP contribution in [0.25, 0.3) is 0 Å². The molecule has 0 aliphatic carbocycles. The summed E-state index contributed by atoms with van der Waals surface area (Å²) in [6.45, 7) is 0.590. The largest absolute Gasteiger partial charge is 0.357 e. The van der Waals surface area contributed by atoms with E-state index in [-0.39, 0.29) is 12.3 Å². The lowest BCUT2D eigenvalue weighted by Gasteiger charge is -2.12. The molecule has 4 nitrogen and oxygen atoms in total. The highest BCUT2D eigenvalue weighted by molar-refractivity contribution is 7.80. The average molecular weight is 334 g/mol. The van der Waals surface area contributed by atoms with Crippen LogP contribution >= 0.6 is 23.8 Å². The Morgan fingerprint density at radius 2 is 1.68 bits per heavy atom. The number of hydrogen-bond acceptors (Lipinski definition) is 2. The second-order valence-corrected chi connectivity index (χ2v) is 5.43. The van der Waals surface area contributed by atoms with Crippen LogP contribution in [0.1, 0.15) is 11.1 Å². The van der Waals surface area contributed by atoms with Crippen molar-refractivity contribution in [1.29, 1.82) is 0 Å². The molecule has 6 heteroatoms. The third kappa shape index (κ3) is 5.35. The van der Waals surface area contributed by atoms with E-state index in [1.165, 1.54) is 0 Å². The van der Waals surface area contributed by atoms with E-state index in [0.29, 0.717) is 16.7 Å². The van der Waals surface area contributed by atoms with Crippen LogP contribution in [-0.2, 0) is 17.8 Å². The van der Waals surface area contributed by atoms with E-state index in [2.05, 4.69) is 16.2 Å². The first-order chi connectivity index (χ1) is 10.6. The summed E-state index contributed by atoms with van der Waals surface area (Å²) in [5.41, 5.74) is 7.09.